The lowest BCUT2D eigenvalue weighted by Gasteiger charge is -2.39. The molecule has 1 saturated carbocycles. The molecule has 0 heterocycles. The van der Waals surface area contributed by atoms with Crippen molar-refractivity contribution in [3.8, 4) is 0 Å². The summed E-state index contributed by atoms with van der Waals surface area (Å²) in [6.07, 6.45) is 7.66. The Morgan fingerprint density at radius 2 is 1.70 bits per heavy atom. The van der Waals surface area contributed by atoms with Gasteiger partial charge in [0.1, 0.15) is 0 Å². The van der Waals surface area contributed by atoms with E-state index in [1.54, 1.807) is 0 Å². The molecular formula is C17H37NOSi. The molecule has 0 amide bonds. The zero-order valence-corrected chi connectivity index (χ0v) is 15.7. The fourth-order valence-corrected chi connectivity index (χ4v) is 3.98. The molecule has 0 bridgehead atoms. The van der Waals surface area contributed by atoms with Crippen LogP contribution in [-0.2, 0) is 4.43 Å². The summed E-state index contributed by atoms with van der Waals surface area (Å²) in [7, 11) is -1.57. The van der Waals surface area contributed by atoms with Gasteiger partial charge in [-0.3, -0.25) is 0 Å². The lowest BCUT2D eigenvalue weighted by atomic mass is 9.78. The Morgan fingerprint density at radius 3 is 2.15 bits per heavy atom. The van der Waals surface area contributed by atoms with Crippen LogP contribution in [0.3, 0.4) is 0 Å². The van der Waals surface area contributed by atoms with Gasteiger partial charge in [-0.25, -0.2) is 0 Å². The Labute approximate surface area is 128 Å². The molecule has 1 fully saturated rings. The maximum Gasteiger partial charge on any atom is 0.191 e. The molecule has 0 radical (unpaired) electrons. The van der Waals surface area contributed by atoms with Gasteiger partial charge < -0.3 is 10.2 Å². The van der Waals surface area contributed by atoms with Crippen LogP contribution >= 0.6 is 0 Å². The van der Waals surface area contributed by atoms with Crippen molar-refractivity contribution in [2.75, 3.05) is 6.61 Å². The first-order valence-corrected chi connectivity index (χ1v) is 11.5. The third kappa shape index (κ3) is 5.16. The number of nitrogens with two attached hydrogens (primary N) is 1. The van der Waals surface area contributed by atoms with Crippen LogP contribution in [0.25, 0.3) is 0 Å². The molecule has 2 nitrogen and oxygen atoms in total. The summed E-state index contributed by atoms with van der Waals surface area (Å²) in [5.74, 6) is 1.54. The normalized spacial score (nSPS) is 26.6. The van der Waals surface area contributed by atoms with E-state index in [0.29, 0.717) is 11.1 Å². The fourth-order valence-electron chi connectivity index (χ4n) is 2.89. The van der Waals surface area contributed by atoms with E-state index in [0.717, 1.165) is 18.4 Å². The van der Waals surface area contributed by atoms with Crippen molar-refractivity contribution < 1.29 is 4.43 Å². The molecule has 0 aromatic carbocycles. The molecule has 0 aromatic rings. The molecule has 0 aromatic heterocycles. The van der Waals surface area contributed by atoms with Crippen molar-refractivity contribution in [1.82, 2.24) is 0 Å². The minimum atomic E-state index is -1.57. The smallest absolute Gasteiger partial charge is 0.191 e. The second-order valence-electron chi connectivity index (χ2n) is 8.30. The van der Waals surface area contributed by atoms with E-state index in [1.165, 1.54) is 38.5 Å². The molecule has 120 valence electrons. The van der Waals surface area contributed by atoms with Gasteiger partial charge in [-0.2, -0.15) is 0 Å². The minimum Gasteiger partial charge on any atom is -0.417 e. The second kappa shape index (κ2) is 7.41. The molecule has 20 heavy (non-hydrogen) atoms. The zero-order valence-electron chi connectivity index (χ0n) is 14.7. The monoisotopic (exact) mass is 299 g/mol. The number of hydrogen-bond acceptors (Lipinski definition) is 2. The van der Waals surface area contributed by atoms with Gasteiger partial charge in [-0.05, 0) is 62.1 Å². The van der Waals surface area contributed by atoms with Gasteiger partial charge >= 0.3 is 0 Å². The van der Waals surface area contributed by atoms with Gasteiger partial charge in [-0.15, -0.1) is 0 Å². The van der Waals surface area contributed by atoms with Crippen LogP contribution < -0.4 is 5.73 Å². The highest BCUT2D eigenvalue weighted by atomic mass is 28.4. The van der Waals surface area contributed by atoms with Crippen LogP contribution in [0.4, 0.5) is 0 Å². The summed E-state index contributed by atoms with van der Waals surface area (Å²) in [5.41, 5.74) is 6.28. The molecule has 0 spiro atoms. The summed E-state index contributed by atoms with van der Waals surface area (Å²) in [6, 6.07) is 0.433. The lowest BCUT2D eigenvalue weighted by Crippen LogP contribution is -2.42. The van der Waals surface area contributed by atoms with Crippen LogP contribution in [-0.4, -0.2) is 21.0 Å². The van der Waals surface area contributed by atoms with Crippen molar-refractivity contribution in [2.45, 2.75) is 90.4 Å². The molecule has 0 aliphatic heterocycles. The average molecular weight is 300 g/mol. The Morgan fingerprint density at radius 1 is 1.15 bits per heavy atom. The van der Waals surface area contributed by atoms with Gasteiger partial charge in [0.05, 0.1) is 0 Å². The highest BCUT2D eigenvalue weighted by Crippen LogP contribution is 2.38. The molecule has 0 unspecified atom stereocenters. The molecule has 3 heteroatoms. The predicted octanol–water partition coefficient (Wildman–Crippen LogP) is 4.94. The van der Waals surface area contributed by atoms with E-state index < -0.39 is 8.32 Å². The molecule has 1 atom stereocenters. The summed E-state index contributed by atoms with van der Waals surface area (Å²) in [6.45, 7) is 14.9. The Bertz CT molecular complexity index is 277. The van der Waals surface area contributed by atoms with Crippen LogP contribution in [0.1, 0.15) is 66.2 Å². The van der Waals surface area contributed by atoms with Crippen molar-refractivity contribution >= 4 is 8.32 Å². The van der Waals surface area contributed by atoms with Crippen molar-refractivity contribution in [3.05, 3.63) is 0 Å². The highest BCUT2D eigenvalue weighted by molar-refractivity contribution is 6.74. The Hall–Kier alpha value is 0.137. The Balaban J connectivity index is 2.33. The van der Waals surface area contributed by atoms with Crippen molar-refractivity contribution in [2.24, 2.45) is 17.6 Å². The van der Waals surface area contributed by atoms with Crippen LogP contribution in [0.15, 0.2) is 0 Å². The van der Waals surface area contributed by atoms with Crippen molar-refractivity contribution in [3.63, 3.8) is 0 Å². The summed E-state index contributed by atoms with van der Waals surface area (Å²) in [5, 5.41) is 0.327. The quantitative estimate of drug-likeness (QED) is 0.705. The largest absolute Gasteiger partial charge is 0.417 e. The first kappa shape index (κ1) is 18.2. The van der Waals surface area contributed by atoms with Gasteiger partial charge in [-0.1, -0.05) is 34.1 Å². The maximum absolute atomic E-state index is 6.38. The van der Waals surface area contributed by atoms with Gasteiger partial charge in [0, 0.05) is 12.6 Å². The van der Waals surface area contributed by atoms with Gasteiger partial charge in [0.15, 0.2) is 8.32 Å². The molecule has 1 rings (SSSR count). The first-order chi connectivity index (χ1) is 9.17. The lowest BCUT2D eigenvalue weighted by molar-refractivity contribution is 0.159. The third-order valence-electron chi connectivity index (χ3n) is 5.60. The van der Waals surface area contributed by atoms with Gasteiger partial charge in [0.25, 0.3) is 0 Å². The van der Waals surface area contributed by atoms with Crippen molar-refractivity contribution in [1.29, 1.82) is 0 Å². The van der Waals surface area contributed by atoms with E-state index in [2.05, 4.69) is 40.8 Å². The number of rotatable bonds is 6. The standard InChI is InChI=1S/C17H37NOSi/c1-7-8-16(18)15-11-9-14(10-12-15)13-19-20(5,6)17(2,3)4/h14-16H,7-13,18H2,1-6H3/t14?,15?,16-/m0/s1. The highest BCUT2D eigenvalue weighted by Gasteiger charge is 2.38. The van der Waals surface area contributed by atoms with E-state index in [-0.39, 0.29) is 0 Å². The van der Waals surface area contributed by atoms with E-state index in [1.807, 2.05) is 0 Å². The molecule has 1 aliphatic carbocycles. The Kier molecular flexibility index (Phi) is 6.74. The number of hydrogen-bond donors (Lipinski definition) is 1. The summed E-state index contributed by atoms with van der Waals surface area (Å²) >= 11 is 0. The average Bonchev–Trinajstić information content (AvgIpc) is 2.36. The van der Waals surface area contributed by atoms with Crippen LogP contribution in [0.5, 0.6) is 0 Å². The van der Waals surface area contributed by atoms with Gasteiger partial charge in [0.2, 0.25) is 0 Å². The van der Waals surface area contributed by atoms with Crippen LogP contribution in [0, 0.1) is 11.8 Å². The third-order valence-corrected chi connectivity index (χ3v) is 10.1. The van der Waals surface area contributed by atoms with E-state index >= 15 is 0 Å². The predicted molar refractivity (Wildman–Crippen MR) is 91.5 cm³/mol. The molecule has 2 N–H and O–H groups in total. The first-order valence-electron chi connectivity index (χ1n) is 8.57. The van der Waals surface area contributed by atoms with E-state index in [4.69, 9.17) is 10.2 Å². The second-order valence-corrected chi connectivity index (χ2v) is 13.1. The summed E-state index contributed by atoms with van der Waals surface area (Å²) < 4.78 is 6.38. The summed E-state index contributed by atoms with van der Waals surface area (Å²) in [4.78, 5) is 0. The van der Waals surface area contributed by atoms with E-state index in [9.17, 15) is 0 Å². The molecular weight excluding hydrogens is 262 g/mol. The zero-order chi connectivity index (χ0) is 15.4. The fraction of sp³-hybridized carbons (Fsp3) is 1.00. The van der Waals surface area contributed by atoms with Crippen LogP contribution in [0.2, 0.25) is 18.1 Å². The minimum absolute atomic E-state index is 0.327. The maximum atomic E-state index is 6.38. The molecule has 1 aliphatic rings. The molecule has 0 saturated heterocycles. The topological polar surface area (TPSA) is 35.2 Å². The SMILES string of the molecule is CCC[C@H](N)C1CCC(CO[Si](C)(C)C(C)(C)C)CC1.